The molecule has 1 rings (SSSR count). The summed E-state index contributed by atoms with van der Waals surface area (Å²) in [6.07, 6.45) is 1.04. The molecule has 14 heavy (non-hydrogen) atoms. The van der Waals surface area contributed by atoms with Crippen molar-refractivity contribution in [1.29, 1.82) is 0 Å². The standard InChI is InChI=1S/C10H15BrN2O/c1-7(2)4-5-14-10-6-9(11)12-8(3)13-10/h6-7H,4-5H2,1-3H3. The Hall–Kier alpha value is -0.640. The lowest BCUT2D eigenvalue weighted by molar-refractivity contribution is 0.278. The summed E-state index contributed by atoms with van der Waals surface area (Å²) in [7, 11) is 0. The van der Waals surface area contributed by atoms with Crippen LogP contribution in [0.1, 0.15) is 26.1 Å². The minimum absolute atomic E-state index is 0.644. The van der Waals surface area contributed by atoms with Gasteiger partial charge >= 0.3 is 0 Å². The Kier molecular flexibility index (Phi) is 4.32. The van der Waals surface area contributed by atoms with Gasteiger partial charge in [0.25, 0.3) is 0 Å². The Bertz CT molecular complexity index is 282. The molecule has 3 nitrogen and oxygen atoms in total. The predicted molar refractivity (Wildman–Crippen MR) is 59.4 cm³/mol. The number of aryl methyl sites for hydroxylation is 1. The summed E-state index contributed by atoms with van der Waals surface area (Å²) in [5.41, 5.74) is 0. The first-order chi connectivity index (χ1) is 6.58. The average Bonchev–Trinajstić information content (AvgIpc) is 2.01. The molecule has 0 aliphatic rings. The van der Waals surface area contributed by atoms with Crippen molar-refractivity contribution in [3.8, 4) is 5.88 Å². The molecule has 0 spiro atoms. The van der Waals surface area contributed by atoms with E-state index in [0.717, 1.165) is 16.8 Å². The highest BCUT2D eigenvalue weighted by atomic mass is 79.9. The molecule has 1 aromatic rings. The molecule has 1 aromatic heterocycles. The van der Waals surface area contributed by atoms with E-state index < -0.39 is 0 Å². The van der Waals surface area contributed by atoms with Crippen LogP contribution >= 0.6 is 15.9 Å². The lowest BCUT2D eigenvalue weighted by atomic mass is 10.1. The third kappa shape index (κ3) is 4.05. The SMILES string of the molecule is Cc1nc(Br)cc(OCCC(C)C)n1. The Morgan fingerprint density at radius 2 is 2.14 bits per heavy atom. The smallest absolute Gasteiger partial charge is 0.217 e. The summed E-state index contributed by atoms with van der Waals surface area (Å²) in [5, 5.41) is 0. The summed E-state index contributed by atoms with van der Waals surface area (Å²) in [4.78, 5) is 8.27. The van der Waals surface area contributed by atoms with Crippen molar-refractivity contribution in [2.24, 2.45) is 5.92 Å². The van der Waals surface area contributed by atoms with Gasteiger partial charge in [0, 0.05) is 6.07 Å². The highest BCUT2D eigenvalue weighted by Gasteiger charge is 2.01. The van der Waals surface area contributed by atoms with Gasteiger partial charge < -0.3 is 4.74 Å². The molecule has 0 atom stereocenters. The Morgan fingerprint density at radius 3 is 2.71 bits per heavy atom. The van der Waals surface area contributed by atoms with Gasteiger partial charge in [-0.15, -0.1) is 0 Å². The van der Waals surface area contributed by atoms with Gasteiger partial charge in [0.05, 0.1) is 6.61 Å². The van der Waals surface area contributed by atoms with E-state index in [1.165, 1.54) is 0 Å². The number of nitrogens with zero attached hydrogens (tertiary/aromatic N) is 2. The van der Waals surface area contributed by atoms with Crippen LogP contribution in [0.2, 0.25) is 0 Å². The maximum atomic E-state index is 5.50. The van der Waals surface area contributed by atoms with Crippen LogP contribution in [0.15, 0.2) is 10.7 Å². The van der Waals surface area contributed by atoms with Crippen LogP contribution < -0.4 is 4.74 Å². The van der Waals surface area contributed by atoms with Gasteiger partial charge in [0.2, 0.25) is 5.88 Å². The lowest BCUT2D eigenvalue weighted by Crippen LogP contribution is -2.03. The molecule has 0 unspecified atom stereocenters. The van der Waals surface area contributed by atoms with Crippen molar-refractivity contribution in [1.82, 2.24) is 9.97 Å². The first kappa shape index (κ1) is 11.4. The number of aromatic nitrogens is 2. The number of ether oxygens (including phenoxy) is 1. The third-order valence-electron chi connectivity index (χ3n) is 1.73. The number of hydrogen-bond acceptors (Lipinski definition) is 3. The minimum Gasteiger partial charge on any atom is -0.478 e. The molecule has 0 radical (unpaired) electrons. The highest BCUT2D eigenvalue weighted by Crippen LogP contribution is 2.14. The Labute approximate surface area is 93.0 Å². The van der Waals surface area contributed by atoms with Crippen LogP contribution in [0.5, 0.6) is 5.88 Å². The van der Waals surface area contributed by atoms with Crippen LogP contribution in [0.4, 0.5) is 0 Å². The monoisotopic (exact) mass is 258 g/mol. The van der Waals surface area contributed by atoms with E-state index in [1.807, 2.05) is 6.92 Å². The molecule has 1 heterocycles. The van der Waals surface area contributed by atoms with Gasteiger partial charge in [-0.3, -0.25) is 0 Å². The maximum absolute atomic E-state index is 5.50. The zero-order chi connectivity index (χ0) is 10.6. The average molecular weight is 259 g/mol. The van der Waals surface area contributed by atoms with Crippen molar-refractivity contribution in [3.05, 3.63) is 16.5 Å². The Balaban J connectivity index is 2.50. The summed E-state index contributed by atoms with van der Waals surface area (Å²) >= 11 is 3.30. The van der Waals surface area contributed by atoms with Crippen LogP contribution in [-0.4, -0.2) is 16.6 Å². The van der Waals surface area contributed by atoms with Gasteiger partial charge in [-0.1, -0.05) is 13.8 Å². The van der Waals surface area contributed by atoms with E-state index in [1.54, 1.807) is 6.07 Å². The van der Waals surface area contributed by atoms with E-state index in [4.69, 9.17) is 4.74 Å². The van der Waals surface area contributed by atoms with E-state index in [-0.39, 0.29) is 0 Å². The van der Waals surface area contributed by atoms with Crippen LogP contribution in [0.3, 0.4) is 0 Å². The molecule has 0 amide bonds. The first-order valence-corrected chi connectivity index (χ1v) is 5.51. The lowest BCUT2D eigenvalue weighted by Gasteiger charge is -2.07. The molecule has 0 aliphatic heterocycles. The summed E-state index contributed by atoms with van der Waals surface area (Å²) in [6.45, 7) is 6.90. The molecule has 0 aromatic carbocycles. The summed E-state index contributed by atoms with van der Waals surface area (Å²) in [6, 6.07) is 1.79. The maximum Gasteiger partial charge on any atom is 0.217 e. The van der Waals surface area contributed by atoms with Gasteiger partial charge in [-0.05, 0) is 35.2 Å². The first-order valence-electron chi connectivity index (χ1n) is 4.72. The van der Waals surface area contributed by atoms with E-state index in [9.17, 15) is 0 Å². The van der Waals surface area contributed by atoms with Gasteiger partial charge in [0.15, 0.2) is 0 Å². The minimum atomic E-state index is 0.644. The van der Waals surface area contributed by atoms with Crippen LogP contribution in [0, 0.1) is 12.8 Å². The molecule has 78 valence electrons. The molecule has 4 heteroatoms. The van der Waals surface area contributed by atoms with Crippen molar-refractivity contribution in [2.45, 2.75) is 27.2 Å². The molecular weight excluding hydrogens is 244 g/mol. The van der Waals surface area contributed by atoms with Crippen molar-refractivity contribution >= 4 is 15.9 Å². The fourth-order valence-electron chi connectivity index (χ4n) is 0.979. The Morgan fingerprint density at radius 1 is 1.43 bits per heavy atom. The fraction of sp³-hybridized carbons (Fsp3) is 0.600. The largest absolute Gasteiger partial charge is 0.478 e. The highest BCUT2D eigenvalue weighted by molar-refractivity contribution is 9.10. The second-order valence-corrected chi connectivity index (χ2v) is 4.42. The van der Waals surface area contributed by atoms with Gasteiger partial charge in [-0.2, -0.15) is 4.98 Å². The number of hydrogen-bond donors (Lipinski definition) is 0. The second-order valence-electron chi connectivity index (χ2n) is 3.61. The van der Waals surface area contributed by atoms with Gasteiger partial charge in [0.1, 0.15) is 10.4 Å². The molecule has 0 saturated carbocycles. The summed E-state index contributed by atoms with van der Waals surface area (Å²) < 4.78 is 6.27. The van der Waals surface area contributed by atoms with Crippen molar-refractivity contribution in [2.75, 3.05) is 6.61 Å². The van der Waals surface area contributed by atoms with Gasteiger partial charge in [-0.25, -0.2) is 4.98 Å². The molecule has 0 fully saturated rings. The predicted octanol–water partition coefficient (Wildman–Crippen LogP) is 2.97. The second kappa shape index (κ2) is 5.29. The molecule has 0 saturated heterocycles. The summed E-state index contributed by atoms with van der Waals surface area (Å²) in [5.74, 6) is 2.02. The third-order valence-corrected chi connectivity index (χ3v) is 2.13. The zero-order valence-corrected chi connectivity index (χ0v) is 10.3. The molecular formula is C10H15BrN2O. The quantitative estimate of drug-likeness (QED) is 0.780. The molecule has 0 aliphatic carbocycles. The zero-order valence-electron chi connectivity index (χ0n) is 8.75. The topological polar surface area (TPSA) is 35.0 Å². The molecule has 0 bridgehead atoms. The number of halogens is 1. The molecule has 0 N–H and O–H groups in total. The van der Waals surface area contributed by atoms with Crippen molar-refractivity contribution in [3.63, 3.8) is 0 Å². The van der Waals surface area contributed by atoms with Crippen molar-refractivity contribution < 1.29 is 4.74 Å². The fourth-order valence-corrected chi connectivity index (χ4v) is 1.43. The van der Waals surface area contributed by atoms with E-state index in [0.29, 0.717) is 18.4 Å². The number of rotatable bonds is 4. The van der Waals surface area contributed by atoms with E-state index in [2.05, 4.69) is 39.7 Å². The van der Waals surface area contributed by atoms with Crippen LogP contribution in [-0.2, 0) is 0 Å². The normalized spacial score (nSPS) is 10.6. The van der Waals surface area contributed by atoms with Crippen LogP contribution in [0.25, 0.3) is 0 Å². The van der Waals surface area contributed by atoms with E-state index >= 15 is 0 Å².